The van der Waals surface area contributed by atoms with Crippen LogP contribution in [0.5, 0.6) is 11.5 Å². The van der Waals surface area contributed by atoms with Crippen LogP contribution in [0.4, 0.5) is 17.6 Å². The van der Waals surface area contributed by atoms with Crippen LogP contribution in [0.3, 0.4) is 0 Å². The van der Waals surface area contributed by atoms with Crippen molar-refractivity contribution >= 4 is 11.6 Å². The molecule has 14 heavy (non-hydrogen) atoms. The van der Waals surface area contributed by atoms with Gasteiger partial charge in [0.2, 0.25) is 0 Å². The van der Waals surface area contributed by atoms with Crippen LogP contribution >= 0.6 is 11.6 Å². The number of benzene rings is 1. The Bertz CT molecular complexity index is 327. The molecule has 1 rings (SSSR count). The summed E-state index contributed by atoms with van der Waals surface area (Å²) in [5.41, 5.74) is 0. The van der Waals surface area contributed by atoms with Gasteiger partial charge in [0, 0.05) is 12.1 Å². The summed E-state index contributed by atoms with van der Waals surface area (Å²) in [5, 5.41) is 8.10. The minimum atomic E-state index is -5.03. The molecule has 0 saturated carbocycles. The summed E-state index contributed by atoms with van der Waals surface area (Å²) in [6.45, 7) is 0. The molecule has 1 aromatic rings. The predicted octanol–water partition coefficient (Wildman–Crippen LogP) is 3.08. The number of alkyl halides is 3. The van der Waals surface area contributed by atoms with E-state index >= 15 is 0 Å². The summed E-state index contributed by atoms with van der Waals surface area (Å²) in [7, 11) is 0. The van der Waals surface area contributed by atoms with Gasteiger partial charge in [-0.2, -0.15) is 0 Å². The fourth-order valence-corrected chi connectivity index (χ4v) is 1.00. The standard InChI is InChI=1S/C7H3ClF4O2/c8-4-1-3(13)2-5(9)6(4)14-7(10,11)12/h1-2,13H. The Labute approximate surface area is 80.7 Å². The third-order valence-corrected chi connectivity index (χ3v) is 1.48. The second-order valence-electron chi connectivity index (χ2n) is 2.29. The van der Waals surface area contributed by atoms with Crippen LogP contribution in [0.25, 0.3) is 0 Å². The van der Waals surface area contributed by atoms with Gasteiger partial charge in [-0.15, -0.1) is 13.2 Å². The third-order valence-electron chi connectivity index (χ3n) is 1.20. The molecule has 0 aromatic heterocycles. The lowest BCUT2D eigenvalue weighted by Gasteiger charge is -2.11. The van der Waals surface area contributed by atoms with Crippen LogP contribution in [0, 0.1) is 5.82 Å². The molecule has 0 aliphatic heterocycles. The molecular weight excluding hydrogens is 228 g/mol. The zero-order valence-corrected chi connectivity index (χ0v) is 7.16. The van der Waals surface area contributed by atoms with E-state index in [-0.39, 0.29) is 0 Å². The number of aromatic hydroxyl groups is 1. The van der Waals surface area contributed by atoms with Crippen molar-refractivity contribution < 1.29 is 27.4 Å². The number of phenols is 1. The highest BCUT2D eigenvalue weighted by Crippen LogP contribution is 2.35. The first kappa shape index (κ1) is 10.9. The van der Waals surface area contributed by atoms with Crippen LogP contribution in [-0.4, -0.2) is 11.5 Å². The SMILES string of the molecule is Oc1cc(F)c(OC(F)(F)F)c(Cl)c1. The summed E-state index contributed by atoms with van der Waals surface area (Å²) in [5.74, 6) is -3.12. The van der Waals surface area contributed by atoms with Gasteiger partial charge in [-0.05, 0) is 0 Å². The highest BCUT2D eigenvalue weighted by Gasteiger charge is 2.33. The zero-order chi connectivity index (χ0) is 10.9. The molecule has 0 atom stereocenters. The fraction of sp³-hybridized carbons (Fsp3) is 0.143. The smallest absolute Gasteiger partial charge is 0.508 e. The number of phenolic OH excluding ortho intramolecular Hbond substituents is 1. The van der Waals surface area contributed by atoms with Gasteiger partial charge in [-0.1, -0.05) is 11.6 Å². The maximum atomic E-state index is 12.8. The van der Waals surface area contributed by atoms with Crippen LogP contribution in [-0.2, 0) is 0 Å². The van der Waals surface area contributed by atoms with Crippen molar-refractivity contribution in [2.45, 2.75) is 6.36 Å². The van der Waals surface area contributed by atoms with Crippen LogP contribution < -0.4 is 4.74 Å². The van der Waals surface area contributed by atoms with Crippen LogP contribution in [0.2, 0.25) is 5.02 Å². The molecule has 78 valence electrons. The van der Waals surface area contributed by atoms with E-state index in [9.17, 15) is 17.6 Å². The molecule has 0 heterocycles. The molecule has 1 aromatic carbocycles. The first-order valence-corrected chi connectivity index (χ1v) is 3.61. The Morgan fingerprint density at radius 3 is 2.29 bits per heavy atom. The fourth-order valence-electron chi connectivity index (χ4n) is 0.760. The second-order valence-corrected chi connectivity index (χ2v) is 2.69. The molecule has 0 fully saturated rings. The lowest BCUT2D eigenvalue weighted by molar-refractivity contribution is -0.275. The molecule has 0 bridgehead atoms. The molecule has 7 heteroatoms. The van der Waals surface area contributed by atoms with Gasteiger partial charge in [0.15, 0.2) is 11.6 Å². The van der Waals surface area contributed by atoms with Gasteiger partial charge in [0.25, 0.3) is 0 Å². The lowest BCUT2D eigenvalue weighted by atomic mass is 10.3. The van der Waals surface area contributed by atoms with E-state index in [0.717, 1.165) is 6.07 Å². The molecule has 0 unspecified atom stereocenters. The van der Waals surface area contributed by atoms with E-state index in [4.69, 9.17) is 16.7 Å². The van der Waals surface area contributed by atoms with Crippen molar-refractivity contribution in [2.24, 2.45) is 0 Å². The van der Waals surface area contributed by atoms with Crippen molar-refractivity contribution in [1.82, 2.24) is 0 Å². The molecule has 0 radical (unpaired) electrons. The highest BCUT2D eigenvalue weighted by atomic mass is 35.5. The Kier molecular flexibility index (Phi) is 2.75. The maximum Gasteiger partial charge on any atom is 0.573 e. The Morgan fingerprint density at radius 1 is 1.29 bits per heavy atom. The number of ether oxygens (including phenoxy) is 1. The average Bonchev–Trinajstić information content (AvgIpc) is 1.95. The van der Waals surface area contributed by atoms with E-state index in [0.29, 0.717) is 6.07 Å². The van der Waals surface area contributed by atoms with Crippen LogP contribution in [0.15, 0.2) is 12.1 Å². The van der Waals surface area contributed by atoms with Gasteiger partial charge in [0.1, 0.15) is 5.75 Å². The van der Waals surface area contributed by atoms with E-state index in [1.807, 2.05) is 0 Å². The normalized spacial score (nSPS) is 11.5. The average molecular weight is 231 g/mol. The van der Waals surface area contributed by atoms with Gasteiger partial charge >= 0.3 is 6.36 Å². The van der Waals surface area contributed by atoms with E-state index < -0.39 is 28.7 Å². The summed E-state index contributed by atoms with van der Waals surface area (Å²) in [4.78, 5) is 0. The summed E-state index contributed by atoms with van der Waals surface area (Å²) >= 11 is 5.22. The number of hydrogen-bond donors (Lipinski definition) is 1. The molecular formula is C7H3ClF4O2. The van der Waals surface area contributed by atoms with Gasteiger partial charge in [-0.3, -0.25) is 0 Å². The van der Waals surface area contributed by atoms with Crippen molar-refractivity contribution in [1.29, 1.82) is 0 Å². The van der Waals surface area contributed by atoms with Gasteiger partial charge in [-0.25, -0.2) is 4.39 Å². The van der Waals surface area contributed by atoms with Gasteiger partial charge < -0.3 is 9.84 Å². The minimum Gasteiger partial charge on any atom is -0.508 e. The maximum absolute atomic E-state index is 12.8. The molecule has 1 N–H and O–H groups in total. The molecule has 0 saturated heterocycles. The Hall–Kier alpha value is -1.17. The molecule has 0 amide bonds. The first-order valence-electron chi connectivity index (χ1n) is 3.23. The third kappa shape index (κ3) is 2.66. The van der Waals surface area contributed by atoms with Crippen molar-refractivity contribution in [2.75, 3.05) is 0 Å². The van der Waals surface area contributed by atoms with Gasteiger partial charge in [0.05, 0.1) is 5.02 Å². The molecule has 0 aliphatic carbocycles. The molecule has 0 aliphatic rings. The quantitative estimate of drug-likeness (QED) is 0.752. The van der Waals surface area contributed by atoms with E-state index in [1.165, 1.54) is 0 Å². The summed E-state index contributed by atoms with van der Waals surface area (Å²) < 4.78 is 51.1. The summed E-state index contributed by atoms with van der Waals surface area (Å²) in [6.07, 6.45) is -5.03. The second kappa shape index (κ2) is 3.53. The number of halogens is 5. The highest BCUT2D eigenvalue weighted by molar-refractivity contribution is 6.32. The minimum absolute atomic E-state index is 0.465. The lowest BCUT2D eigenvalue weighted by Crippen LogP contribution is -2.18. The van der Waals surface area contributed by atoms with Crippen molar-refractivity contribution in [3.05, 3.63) is 23.0 Å². The number of rotatable bonds is 1. The van der Waals surface area contributed by atoms with Crippen LogP contribution in [0.1, 0.15) is 0 Å². The monoisotopic (exact) mass is 230 g/mol. The predicted molar refractivity (Wildman–Crippen MR) is 39.8 cm³/mol. The number of hydrogen-bond acceptors (Lipinski definition) is 2. The Balaban J connectivity index is 3.09. The topological polar surface area (TPSA) is 29.5 Å². The molecule has 0 spiro atoms. The largest absolute Gasteiger partial charge is 0.573 e. The van der Waals surface area contributed by atoms with Crippen molar-refractivity contribution in [3.8, 4) is 11.5 Å². The Morgan fingerprint density at radius 2 is 1.86 bits per heavy atom. The van der Waals surface area contributed by atoms with E-state index in [2.05, 4.69) is 4.74 Å². The zero-order valence-electron chi connectivity index (χ0n) is 6.40. The first-order chi connectivity index (χ1) is 6.29. The van der Waals surface area contributed by atoms with Crippen molar-refractivity contribution in [3.63, 3.8) is 0 Å². The van der Waals surface area contributed by atoms with E-state index in [1.54, 1.807) is 0 Å². The molecule has 2 nitrogen and oxygen atoms in total. The summed E-state index contributed by atoms with van der Waals surface area (Å²) in [6, 6.07) is 1.21.